The van der Waals surface area contributed by atoms with Crippen LogP contribution in [0.3, 0.4) is 0 Å². The molecule has 3 aromatic rings. The van der Waals surface area contributed by atoms with Gasteiger partial charge in [-0.2, -0.15) is 21.6 Å². The number of rotatable bonds is 11. The van der Waals surface area contributed by atoms with Crippen molar-refractivity contribution < 1.29 is 35.0 Å². The standard InChI is InChI=1S/C29H32F4N2O4S/c1-5-34(6-2)25-14-13-22(19-35(18-20(3)4)28(36)21-9-7-11-24(30)15-21)27(17-25)39-40(37,38)26-12-8-10-23(16-26)29(31,32)33/h7-17,20H,5-6,18-19H2,1-4H3. The van der Waals surface area contributed by atoms with Crippen molar-refractivity contribution in [2.45, 2.75) is 45.3 Å². The van der Waals surface area contributed by atoms with E-state index in [9.17, 15) is 30.8 Å². The number of nitrogens with zero attached hydrogens (tertiary/aromatic N) is 2. The molecule has 3 rings (SSSR count). The molecule has 40 heavy (non-hydrogen) atoms. The van der Waals surface area contributed by atoms with E-state index in [1.165, 1.54) is 29.2 Å². The Balaban J connectivity index is 2.07. The van der Waals surface area contributed by atoms with E-state index in [1.807, 2.05) is 32.6 Å². The smallest absolute Gasteiger partial charge is 0.379 e. The van der Waals surface area contributed by atoms with Gasteiger partial charge in [0.25, 0.3) is 5.91 Å². The van der Waals surface area contributed by atoms with E-state index >= 15 is 0 Å². The summed E-state index contributed by atoms with van der Waals surface area (Å²) in [5, 5.41) is 0. The largest absolute Gasteiger partial charge is 0.416 e. The van der Waals surface area contributed by atoms with Crippen LogP contribution in [0.5, 0.6) is 5.75 Å². The fraction of sp³-hybridized carbons (Fsp3) is 0.345. The molecule has 0 heterocycles. The Morgan fingerprint density at radius 1 is 0.950 bits per heavy atom. The lowest BCUT2D eigenvalue weighted by Crippen LogP contribution is -2.34. The summed E-state index contributed by atoms with van der Waals surface area (Å²) >= 11 is 0. The van der Waals surface area contributed by atoms with Crippen molar-refractivity contribution >= 4 is 21.7 Å². The highest BCUT2D eigenvalue weighted by atomic mass is 32.2. The summed E-state index contributed by atoms with van der Waals surface area (Å²) in [6, 6.07) is 13.4. The van der Waals surface area contributed by atoms with Crippen LogP contribution >= 0.6 is 0 Å². The second-order valence-corrected chi connectivity index (χ2v) is 11.2. The van der Waals surface area contributed by atoms with E-state index in [0.29, 0.717) is 30.4 Å². The lowest BCUT2D eigenvalue weighted by atomic mass is 10.1. The molecule has 0 unspecified atom stereocenters. The van der Waals surface area contributed by atoms with Crippen molar-refractivity contribution in [3.05, 3.63) is 89.2 Å². The van der Waals surface area contributed by atoms with Crippen LogP contribution in [0.2, 0.25) is 0 Å². The van der Waals surface area contributed by atoms with Gasteiger partial charge in [-0.15, -0.1) is 0 Å². The molecule has 0 saturated carbocycles. The molecule has 0 fully saturated rings. The molecule has 0 radical (unpaired) electrons. The maximum Gasteiger partial charge on any atom is 0.416 e. The zero-order valence-corrected chi connectivity index (χ0v) is 23.5. The predicted octanol–water partition coefficient (Wildman–Crippen LogP) is 6.76. The minimum Gasteiger partial charge on any atom is -0.379 e. The minimum absolute atomic E-state index is 0.0191. The SMILES string of the molecule is CCN(CC)c1ccc(CN(CC(C)C)C(=O)c2cccc(F)c2)c(OS(=O)(=O)c2cccc(C(F)(F)F)c2)c1. The number of carbonyl (C=O) groups is 1. The first-order valence-electron chi connectivity index (χ1n) is 12.8. The lowest BCUT2D eigenvalue weighted by Gasteiger charge is -2.27. The molecule has 11 heteroatoms. The van der Waals surface area contributed by atoms with Gasteiger partial charge in [0.2, 0.25) is 0 Å². The van der Waals surface area contributed by atoms with Gasteiger partial charge in [-0.25, -0.2) is 4.39 Å². The highest BCUT2D eigenvalue weighted by Gasteiger charge is 2.32. The van der Waals surface area contributed by atoms with Gasteiger partial charge in [0.15, 0.2) is 0 Å². The van der Waals surface area contributed by atoms with Crippen LogP contribution < -0.4 is 9.08 Å². The van der Waals surface area contributed by atoms with Crippen molar-refractivity contribution in [2.75, 3.05) is 24.5 Å². The third-order valence-corrected chi connectivity index (χ3v) is 7.36. The number of hydrogen-bond acceptors (Lipinski definition) is 5. The van der Waals surface area contributed by atoms with E-state index in [-0.39, 0.29) is 30.3 Å². The summed E-state index contributed by atoms with van der Waals surface area (Å²) < 4.78 is 85.4. The number of carbonyl (C=O) groups excluding carboxylic acids is 1. The molecule has 6 nitrogen and oxygen atoms in total. The molecule has 0 aliphatic heterocycles. The number of hydrogen-bond donors (Lipinski definition) is 0. The first-order valence-corrected chi connectivity index (χ1v) is 14.2. The molecular weight excluding hydrogens is 548 g/mol. The maximum atomic E-state index is 13.8. The molecule has 0 aliphatic rings. The predicted molar refractivity (Wildman–Crippen MR) is 145 cm³/mol. The first kappa shape index (κ1) is 30.9. The first-order chi connectivity index (χ1) is 18.7. The summed E-state index contributed by atoms with van der Waals surface area (Å²) in [7, 11) is -4.68. The number of benzene rings is 3. The van der Waals surface area contributed by atoms with Crippen LogP contribution in [-0.4, -0.2) is 38.9 Å². The van der Waals surface area contributed by atoms with Crippen LogP contribution in [0.25, 0.3) is 0 Å². The van der Waals surface area contributed by atoms with Gasteiger partial charge in [-0.1, -0.05) is 32.0 Å². The summed E-state index contributed by atoms with van der Waals surface area (Å²) in [6.07, 6.45) is -4.74. The van der Waals surface area contributed by atoms with Crippen molar-refractivity contribution in [1.29, 1.82) is 0 Å². The third kappa shape index (κ3) is 7.74. The fourth-order valence-corrected chi connectivity index (χ4v) is 5.21. The molecule has 0 saturated heterocycles. The van der Waals surface area contributed by atoms with Gasteiger partial charge in [0.05, 0.1) is 5.56 Å². The summed E-state index contributed by atoms with van der Waals surface area (Å²) in [6.45, 7) is 9.02. The van der Waals surface area contributed by atoms with Crippen LogP contribution in [0.1, 0.15) is 49.2 Å². The topological polar surface area (TPSA) is 66.9 Å². The fourth-order valence-electron chi connectivity index (χ4n) is 4.20. The van der Waals surface area contributed by atoms with Gasteiger partial charge in [0.1, 0.15) is 16.5 Å². The normalized spacial score (nSPS) is 11.9. The Morgan fingerprint density at radius 3 is 2.23 bits per heavy atom. The Hall–Kier alpha value is -3.60. The zero-order chi connectivity index (χ0) is 29.7. The monoisotopic (exact) mass is 580 g/mol. The maximum absolute atomic E-state index is 13.8. The molecule has 3 aromatic carbocycles. The molecule has 0 N–H and O–H groups in total. The Kier molecular flexibility index (Phi) is 9.83. The highest BCUT2D eigenvalue weighted by Crippen LogP contribution is 2.33. The molecule has 216 valence electrons. The molecule has 0 atom stereocenters. The number of amides is 1. The van der Waals surface area contributed by atoms with Crippen molar-refractivity contribution in [1.82, 2.24) is 4.90 Å². The number of alkyl halides is 3. The Bertz CT molecular complexity index is 1440. The second-order valence-electron chi connectivity index (χ2n) is 9.62. The van der Waals surface area contributed by atoms with Crippen molar-refractivity contribution in [3.8, 4) is 5.75 Å². The van der Waals surface area contributed by atoms with Gasteiger partial charge >= 0.3 is 16.3 Å². The molecule has 0 aromatic heterocycles. The minimum atomic E-state index is -4.74. The molecule has 0 bridgehead atoms. The van der Waals surface area contributed by atoms with E-state index in [1.54, 1.807) is 12.1 Å². The average molecular weight is 581 g/mol. The van der Waals surface area contributed by atoms with E-state index in [4.69, 9.17) is 4.18 Å². The van der Waals surface area contributed by atoms with Crippen LogP contribution in [-0.2, 0) is 22.8 Å². The van der Waals surface area contributed by atoms with Gasteiger partial charge in [0, 0.05) is 49.1 Å². The summed E-state index contributed by atoms with van der Waals surface area (Å²) in [5.74, 6) is -1.14. The Labute approximate surface area is 232 Å². The van der Waals surface area contributed by atoms with Crippen LogP contribution in [0.4, 0.5) is 23.2 Å². The molecule has 1 amide bonds. The molecule has 0 spiro atoms. The Morgan fingerprint density at radius 2 is 1.62 bits per heavy atom. The van der Waals surface area contributed by atoms with E-state index in [2.05, 4.69) is 0 Å². The van der Waals surface area contributed by atoms with Crippen LogP contribution in [0, 0.1) is 11.7 Å². The highest BCUT2D eigenvalue weighted by molar-refractivity contribution is 7.87. The van der Waals surface area contributed by atoms with E-state index in [0.717, 1.165) is 24.3 Å². The summed E-state index contributed by atoms with van der Waals surface area (Å²) in [4.78, 5) is 16.1. The van der Waals surface area contributed by atoms with Gasteiger partial charge in [-0.05, 0) is 62.2 Å². The third-order valence-electron chi connectivity index (χ3n) is 6.13. The van der Waals surface area contributed by atoms with Gasteiger partial charge in [-0.3, -0.25) is 4.79 Å². The molecule has 0 aliphatic carbocycles. The van der Waals surface area contributed by atoms with Crippen LogP contribution in [0.15, 0.2) is 71.6 Å². The zero-order valence-electron chi connectivity index (χ0n) is 22.7. The van der Waals surface area contributed by atoms with Crippen molar-refractivity contribution in [3.63, 3.8) is 0 Å². The lowest BCUT2D eigenvalue weighted by molar-refractivity contribution is -0.137. The molecular formula is C29H32F4N2O4S. The average Bonchev–Trinajstić information content (AvgIpc) is 2.89. The van der Waals surface area contributed by atoms with Gasteiger partial charge < -0.3 is 14.0 Å². The summed E-state index contributed by atoms with van der Waals surface area (Å²) in [5.41, 5.74) is -0.0516. The quantitative estimate of drug-likeness (QED) is 0.185. The number of anilines is 1. The van der Waals surface area contributed by atoms with E-state index < -0.39 is 38.5 Å². The van der Waals surface area contributed by atoms with Crippen molar-refractivity contribution in [2.24, 2.45) is 5.92 Å². The number of halogens is 4. The second kappa shape index (κ2) is 12.7.